The number of hydrogen-bond donors (Lipinski definition) is 1. The van der Waals surface area contributed by atoms with Gasteiger partial charge in [0.1, 0.15) is 0 Å². The van der Waals surface area contributed by atoms with Crippen LogP contribution in [0.2, 0.25) is 0 Å². The van der Waals surface area contributed by atoms with E-state index in [0.29, 0.717) is 11.5 Å². The summed E-state index contributed by atoms with van der Waals surface area (Å²) in [5.74, 6) is 2.44. The van der Waals surface area contributed by atoms with Crippen LogP contribution in [-0.2, 0) is 0 Å². The summed E-state index contributed by atoms with van der Waals surface area (Å²) in [6.45, 7) is 12.3. The highest BCUT2D eigenvalue weighted by Crippen LogP contribution is 2.42. The van der Waals surface area contributed by atoms with Crippen molar-refractivity contribution in [3.05, 3.63) is 0 Å². The first-order valence-electron chi connectivity index (χ1n) is 7.45. The molecule has 1 saturated heterocycles. The number of nitrogens with two attached hydrogens (primary N) is 1. The van der Waals surface area contributed by atoms with Crippen LogP contribution in [0.15, 0.2) is 0 Å². The fraction of sp³-hybridized carbons (Fsp3) is 1.00. The molecule has 1 aliphatic rings. The van der Waals surface area contributed by atoms with Crippen LogP contribution in [0.3, 0.4) is 0 Å². The first kappa shape index (κ1) is 17.3. The zero-order valence-corrected chi connectivity index (χ0v) is 14.5. The van der Waals surface area contributed by atoms with Gasteiger partial charge in [0.2, 0.25) is 0 Å². The maximum Gasteiger partial charge on any atom is 0.0430 e. The summed E-state index contributed by atoms with van der Waals surface area (Å²) in [6.07, 6.45) is 1.22. The molecular formula is C15H33N3S. The van der Waals surface area contributed by atoms with Gasteiger partial charge in [0.15, 0.2) is 0 Å². The van der Waals surface area contributed by atoms with E-state index in [9.17, 15) is 0 Å². The van der Waals surface area contributed by atoms with Gasteiger partial charge in [-0.25, -0.2) is 0 Å². The third-order valence-electron chi connectivity index (χ3n) is 4.16. The van der Waals surface area contributed by atoms with Crippen molar-refractivity contribution >= 4 is 11.8 Å². The van der Waals surface area contributed by atoms with Gasteiger partial charge in [-0.15, -0.1) is 0 Å². The monoisotopic (exact) mass is 287 g/mol. The molecule has 114 valence electrons. The lowest BCUT2D eigenvalue weighted by molar-refractivity contribution is 0.0316. The van der Waals surface area contributed by atoms with E-state index in [2.05, 4.69) is 63.4 Å². The quantitative estimate of drug-likeness (QED) is 0.811. The highest BCUT2D eigenvalue weighted by atomic mass is 32.2. The molecule has 2 atom stereocenters. The van der Waals surface area contributed by atoms with Gasteiger partial charge in [0, 0.05) is 30.4 Å². The lowest BCUT2D eigenvalue weighted by Crippen LogP contribution is -2.63. The Morgan fingerprint density at radius 2 is 1.89 bits per heavy atom. The molecule has 0 amide bonds. The molecule has 4 heteroatoms. The van der Waals surface area contributed by atoms with E-state index in [0.717, 1.165) is 19.6 Å². The van der Waals surface area contributed by atoms with Crippen LogP contribution in [0.4, 0.5) is 0 Å². The van der Waals surface area contributed by atoms with Gasteiger partial charge in [-0.3, -0.25) is 4.90 Å². The summed E-state index contributed by atoms with van der Waals surface area (Å²) < 4.78 is 0. The molecule has 1 aliphatic heterocycles. The normalized spacial score (nSPS) is 28.9. The number of thioether (sulfide) groups is 1. The molecule has 1 rings (SSSR count). The van der Waals surface area contributed by atoms with Gasteiger partial charge in [-0.2, -0.15) is 11.8 Å². The standard InChI is InChI=1S/C15H33N3S/c1-7-18(13(2)8-17(5)6)15(10-16)9-14(3,4)11-19-12-15/h13H,7-12,16H2,1-6H3. The third kappa shape index (κ3) is 4.35. The van der Waals surface area contributed by atoms with E-state index < -0.39 is 0 Å². The van der Waals surface area contributed by atoms with Crippen LogP contribution in [0, 0.1) is 5.41 Å². The van der Waals surface area contributed by atoms with Crippen molar-refractivity contribution in [3.8, 4) is 0 Å². The maximum absolute atomic E-state index is 6.24. The minimum Gasteiger partial charge on any atom is -0.329 e. The maximum atomic E-state index is 6.24. The van der Waals surface area contributed by atoms with E-state index in [1.165, 1.54) is 17.9 Å². The van der Waals surface area contributed by atoms with Crippen molar-refractivity contribution in [2.24, 2.45) is 11.1 Å². The molecule has 0 radical (unpaired) electrons. The Balaban J connectivity index is 2.90. The zero-order chi connectivity index (χ0) is 14.7. The summed E-state index contributed by atoms with van der Waals surface area (Å²) in [7, 11) is 4.30. The largest absolute Gasteiger partial charge is 0.329 e. The number of nitrogens with zero attached hydrogens (tertiary/aromatic N) is 2. The van der Waals surface area contributed by atoms with Crippen LogP contribution in [0.5, 0.6) is 0 Å². The van der Waals surface area contributed by atoms with E-state index in [1.807, 2.05) is 0 Å². The Morgan fingerprint density at radius 3 is 2.32 bits per heavy atom. The highest BCUT2D eigenvalue weighted by Gasteiger charge is 2.44. The first-order chi connectivity index (χ1) is 8.76. The number of rotatable bonds is 6. The van der Waals surface area contributed by atoms with Gasteiger partial charge in [-0.05, 0) is 45.2 Å². The Kier molecular flexibility index (Phi) is 6.18. The summed E-state index contributed by atoms with van der Waals surface area (Å²) in [5.41, 5.74) is 6.81. The predicted octanol–water partition coefficient (Wildman–Crippen LogP) is 2.12. The van der Waals surface area contributed by atoms with Crippen LogP contribution >= 0.6 is 11.8 Å². The summed E-state index contributed by atoms with van der Waals surface area (Å²) in [4.78, 5) is 4.93. The second-order valence-electron chi connectivity index (χ2n) is 7.16. The van der Waals surface area contributed by atoms with E-state index in [4.69, 9.17) is 5.73 Å². The molecule has 0 spiro atoms. The highest BCUT2D eigenvalue weighted by molar-refractivity contribution is 7.99. The van der Waals surface area contributed by atoms with Crippen molar-refractivity contribution < 1.29 is 0 Å². The van der Waals surface area contributed by atoms with E-state index in [1.54, 1.807) is 0 Å². The van der Waals surface area contributed by atoms with E-state index in [-0.39, 0.29) is 5.54 Å². The lowest BCUT2D eigenvalue weighted by Gasteiger charge is -2.52. The average Bonchev–Trinajstić information content (AvgIpc) is 2.27. The van der Waals surface area contributed by atoms with Gasteiger partial charge in [0.25, 0.3) is 0 Å². The zero-order valence-electron chi connectivity index (χ0n) is 13.7. The molecule has 3 nitrogen and oxygen atoms in total. The van der Waals surface area contributed by atoms with Crippen LogP contribution < -0.4 is 5.73 Å². The molecule has 0 aromatic carbocycles. The molecule has 19 heavy (non-hydrogen) atoms. The van der Waals surface area contributed by atoms with Crippen molar-refractivity contribution in [1.82, 2.24) is 9.80 Å². The Morgan fingerprint density at radius 1 is 1.26 bits per heavy atom. The van der Waals surface area contributed by atoms with Crippen molar-refractivity contribution in [2.45, 2.75) is 45.7 Å². The molecule has 0 bridgehead atoms. The van der Waals surface area contributed by atoms with Gasteiger partial charge < -0.3 is 10.6 Å². The molecule has 2 unspecified atom stereocenters. The van der Waals surface area contributed by atoms with Gasteiger partial charge >= 0.3 is 0 Å². The first-order valence-corrected chi connectivity index (χ1v) is 8.61. The molecule has 0 saturated carbocycles. The van der Waals surface area contributed by atoms with E-state index >= 15 is 0 Å². The molecule has 2 N–H and O–H groups in total. The number of hydrogen-bond acceptors (Lipinski definition) is 4. The molecule has 0 aromatic rings. The fourth-order valence-corrected chi connectivity index (χ4v) is 5.21. The lowest BCUT2D eigenvalue weighted by atomic mass is 9.78. The predicted molar refractivity (Wildman–Crippen MR) is 87.9 cm³/mol. The van der Waals surface area contributed by atoms with Gasteiger partial charge in [-0.1, -0.05) is 20.8 Å². The molecular weight excluding hydrogens is 254 g/mol. The van der Waals surface area contributed by atoms with Crippen LogP contribution in [0.25, 0.3) is 0 Å². The van der Waals surface area contributed by atoms with Crippen LogP contribution in [-0.4, -0.2) is 66.6 Å². The summed E-state index contributed by atoms with van der Waals surface area (Å²) in [5, 5.41) is 0. The molecule has 0 aliphatic carbocycles. The second kappa shape index (κ2) is 6.79. The smallest absolute Gasteiger partial charge is 0.0430 e. The average molecular weight is 288 g/mol. The Hall–Kier alpha value is 0.230. The van der Waals surface area contributed by atoms with Crippen molar-refractivity contribution in [2.75, 3.05) is 45.2 Å². The minimum atomic E-state index is 0.177. The number of likely N-dealkylation sites (N-methyl/N-ethyl adjacent to an activating group) is 2. The summed E-state index contributed by atoms with van der Waals surface area (Å²) >= 11 is 2.08. The van der Waals surface area contributed by atoms with Crippen molar-refractivity contribution in [1.29, 1.82) is 0 Å². The second-order valence-corrected chi connectivity index (χ2v) is 8.15. The third-order valence-corrected chi connectivity index (χ3v) is 5.89. The summed E-state index contributed by atoms with van der Waals surface area (Å²) in [6, 6.07) is 0.554. The van der Waals surface area contributed by atoms with Gasteiger partial charge in [0.05, 0.1) is 0 Å². The molecule has 1 heterocycles. The SMILES string of the molecule is CCN(C(C)CN(C)C)C1(CN)CSCC(C)(C)C1. The van der Waals surface area contributed by atoms with Crippen molar-refractivity contribution in [3.63, 3.8) is 0 Å². The topological polar surface area (TPSA) is 32.5 Å². The fourth-order valence-electron chi connectivity index (χ4n) is 3.68. The Labute approximate surface area is 124 Å². The molecule has 0 aromatic heterocycles. The molecule has 1 fully saturated rings. The Bertz CT molecular complexity index is 281. The van der Waals surface area contributed by atoms with Crippen LogP contribution in [0.1, 0.15) is 34.1 Å². The minimum absolute atomic E-state index is 0.177.